The first-order valence-corrected chi connectivity index (χ1v) is 7.61. The molecule has 0 aliphatic carbocycles. The minimum Gasteiger partial charge on any atom is -0.299 e. The van der Waals surface area contributed by atoms with Gasteiger partial charge in [-0.2, -0.15) is 13.2 Å². The van der Waals surface area contributed by atoms with Crippen molar-refractivity contribution in [2.75, 3.05) is 13.1 Å². The zero-order chi connectivity index (χ0) is 14.9. The minimum atomic E-state index is -4.03. The molecule has 112 valence electrons. The number of aryl methyl sites for hydroxylation is 2. The van der Waals surface area contributed by atoms with Crippen LogP contribution < -0.4 is 0 Å². The van der Waals surface area contributed by atoms with E-state index in [0.29, 0.717) is 13.1 Å². The van der Waals surface area contributed by atoms with Crippen molar-refractivity contribution < 1.29 is 13.2 Å². The van der Waals surface area contributed by atoms with E-state index in [0.717, 1.165) is 11.0 Å². The smallest absolute Gasteiger partial charge is 0.299 e. The second-order valence-corrected chi connectivity index (χ2v) is 6.53. The molecule has 1 fully saturated rings. The SMILES string of the molecule is Cc1cc(Br)cc(C)c1CN1CCC(C(F)(F)F)CC1. The summed E-state index contributed by atoms with van der Waals surface area (Å²) in [5.41, 5.74) is 3.61. The molecular weight excluding hydrogens is 331 g/mol. The van der Waals surface area contributed by atoms with Crippen LogP contribution in [-0.4, -0.2) is 24.2 Å². The maximum absolute atomic E-state index is 12.6. The Kier molecular flexibility index (Phi) is 4.80. The molecule has 0 spiro atoms. The molecule has 0 amide bonds. The number of likely N-dealkylation sites (tertiary alicyclic amines) is 1. The number of alkyl halides is 3. The van der Waals surface area contributed by atoms with E-state index in [-0.39, 0.29) is 12.8 Å². The van der Waals surface area contributed by atoms with Crippen LogP contribution in [0.1, 0.15) is 29.5 Å². The highest BCUT2D eigenvalue weighted by Gasteiger charge is 2.40. The maximum Gasteiger partial charge on any atom is 0.391 e. The number of nitrogens with zero attached hydrogens (tertiary/aromatic N) is 1. The maximum atomic E-state index is 12.6. The number of halogens is 4. The molecule has 20 heavy (non-hydrogen) atoms. The monoisotopic (exact) mass is 349 g/mol. The van der Waals surface area contributed by atoms with Crippen LogP contribution in [0.25, 0.3) is 0 Å². The molecule has 0 atom stereocenters. The average molecular weight is 350 g/mol. The third-order valence-corrected chi connectivity index (χ3v) is 4.55. The van der Waals surface area contributed by atoms with Crippen LogP contribution in [-0.2, 0) is 6.54 Å². The van der Waals surface area contributed by atoms with Gasteiger partial charge in [-0.15, -0.1) is 0 Å². The van der Waals surface area contributed by atoms with Crippen LogP contribution in [0, 0.1) is 19.8 Å². The lowest BCUT2D eigenvalue weighted by atomic mass is 9.95. The summed E-state index contributed by atoms with van der Waals surface area (Å²) >= 11 is 3.46. The van der Waals surface area contributed by atoms with Gasteiger partial charge in [0.1, 0.15) is 0 Å². The second-order valence-electron chi connectivity index (χ2n) is 5.61. The van der Waals surface area contributed by atoms with Gasteiger partial charge in [-0.1, -0.05) is 15.9 Å². The van der Waals surface area contributed by atoms with Crippen molar-refractivity contribution in [1.29, 1.82) is 0 Å². The summed E-state index contributed by atoms with van der Waals surface area (Å²) in [5.74, 6) is -1.12. The highest BCUT2D eigenvalue weighted by Crippen LogP contribution is 2.34. The third kappa shape index (κ3) is 3.76. The Bertz CT molecular complexity index is 453. The molecule has 1 nitrogen and oxygen atoms in total. The first kappa shape index (κ1) is 15.8. The summed E-state index contributed by atoms with van der Waals surface area (Å²) in [6.45, 7) is 5.90. The topological polar surface area (TPSA) is 3.24 Å². The quantitative estimate of drug-likeness (QED) is 0.738. The first-order chi connectivity index (χ1) is 9.27. The Morgan fingerprint density at radius 2 is 1.65 bits per heavy atom. The molecule has 1 saturated heterocycles. The van der Waals surface area contributed by atoms with Gasteiger partial charge >= 0.3 is 6.18 Å². The predicted molar refractivity (Wildman–Crippen MR) is 77.7 cm³/mol. The Morgan fingerprint density at radius 1 is 1.15 bits per heavy atom. The molecule has 0 N–H and O–H groups in total. The molecule has 1 aromatic carbocycles. The van der Waals surface area contributed by atoms with Gasteiger partial charge in [-0.3, -0.25) is 4.90 Å². The molecule has 2 rings (SSSR count). The molecule has 0 saturated carbocycles. The number of hydrogen-bond acceptors (Lipinski definition) is 1. The number of piperidine rings is 1. The molecule has 1 aliphatic rings. The van der Waals surface area contributed by atoms with E-state index < -0.39 is 12.1 Å². The summed E-state index contributed by atoms with van der Waals surface area (Å²) in [7, 11) is 0. The Morgan fingerprint density at radius 3 is 2.10 bits per heavy atom. The van der Waals surface area contributed by atoms with Gasteiger partial charge in [-0.05, 0) is 68.6 Å². The molecule has 1 aromatic rings. The van der Waals surface area contributed by atoms with Crippen molar-refractivity contribution in [2.45, 2.75) is 39.4 Å². The lowest BCUT2D eigenvalue weighted by Gasteiger charge is -2.33. The van der Waals surface area contributed by atoms with Crippen molar-refractivity contribution >= 4 is 15.9 Å². The number of rotatable bonds is 2. The first-order valence-electron chi connectivity index (χ1n) is 6.82. The lowest BCUT2D eigenvalue weighted by Crippen LogP contribution is -2.38. The molecule has 1 aliphatic heterocycles. The molecular formula is C15H19BrF3N. The van der Waals surface area contributed by atoms with Crippen LogP contribution in [0.5, 0.6) is 0 Å². The molecule has 0 bridgehead atoms. The highest BCUT2D eigenvalue weighted by molar-refractivity contribution is 9.10. The summed E-state index contributed by atoms with van der Waals surface area (Å²) in [6, 6.07) is 4.12. The molecule has 0 unspecified atom stereocenters. The summed E-state index contributed by atoms with van der Waals surface area (Å²) in [4.78, 5) is 2.13. The van der Waals surface area contributed by atoms with Gasteiger partial charge in [0, 0.05) is 11.0 Å². The number of hydrogen-bond donors (Lipinski definition) is 0. The van der Waals surface area contributed by atoms with E-state index in [9.17, 15) is 13.2 Å². The van der Waals surface area contributed by atoms with E-state index in [2.05, 4.69) is 46.8 Å². The Labute approximate surface area is 126 Å². The van der Waals surface area contributed by atoms with Crippen molar-refractivity contribution in [1.82, 2.24) is 4.90 Å². The fourth-order valence-corrected chi connectivity index (χ4v) is 3.52. The van der Waals surface area contributed by atoms with Crippen molar-refractivity contribution in [3.05, 3.63) is 33.3 Å². The van der Waals surface area contributed by atoms with Gasteiger partial charge in [0.2, 0.25) is 0 Å². The second kappa shape index (κ2) is 6.06. The fraction of sp³-hybridized carbons (Fsp3) is 0.600. The molecule has 0 aromatic heterocycles. The van der Waals surface area contributed by atoms with E-state index in [1.807, 2.05) is 0 Å². The molecule has 5 heteroatoms. The fourth-order valence-electron chi connectivity index (χ4n) is 2.83. The summed E-state index contributed by atoms with van der Waals surface area (Å²) < 4.78 is 39.0. The minimum absolute atomic E-state index is 0.220. The summed E-state index contributed by atoms with van der Waals surface area (Å²) in [6.07, 6.45) is -3.59. The van der Waals surface area contributed by atoms with Crippen molar-refractivity contribution in [3.8, 4) is 0 Å². The lowest BCUT2D eigenvalue weighted by molar-refractivity contribution is -0.185. The molecule has 1 heterocycles. The summed E-state index contributed by atoms with van der Waals surface area (Å²) in [5, 5.41) is 0. The molecule has 0 radical (unpaired) electrons. The van der Waals surface area contributed by atoms with Gasteiger partial charge in [0.25, 0.3) is 0 Å². The van der Waals surface area contributed by atoms with Gasteiger partial charge in [-0.25, -0.2) is 0 Å². The predicted octanol–water partition coefficient (Wildman–Crippen LogP) is 4.84. The van der Waals surface area contributed by atoms with Crippen molar-refractivity contribution in [3.63, 3.8) is 0 Å². The van der Waals surface area contributed by atoms with E-state index >= 15 is 0 Å². The van der Waals surface area contributed by atoms with Gasteiger partial charge < -0.3 is 0 Å². The average Bonchev–Trinajstić information content (AvgIpc) is 2.33. The van der Waals surface area contributed by atoms with E-state index in [1.54, 1.807) is 0 Å². The zero-order valence-electron chi connectivity index (χ0n) is 11.7. The Hall–Kier alpha value is -0.550. The number of benzene rings is 1. The van der Waals surface area contributed by atoms with Crippen LogP contribution >= 0.6 is 15.9 Å². The van der Waals surface area contributed by atoms with Crippen LogP contribution in [0.4, 0.5) is 13.2 Å². The van der Waals surface area contributed by atoms with E-state index in [1.165, 1.54) is 16.7 Å². The third-order valence-electron chi connectivity index (χ3n) is 4.09. The van der Waals surface area contributed by atoms with Crippen LogP contribution in [0.2, 0.25) is 0 Å². The standard InChI is InChI=1S/C15H19BrF3N/c1-10-7-13(16)8-11(2)14(10)9-20-5-3-12(4-6-20)15(17,18)19/h7-8,12H,3-6,9H2,1-2H3. The normalized spacial score (nSPS) is 18.5. The Balaban J connectivity index is 2.00. The van der Waals surface area contributed by atoms with Gasteiger partial charge in [0.15, 0.2) is 0 Å². The zero-order valence-corrected chi connectivity index (χ0v) is 13.3. The van der Waals surface area contributed by atoms with Crippen LogP contribution in [0.3, 0.4) is 0 Å². The highest BCUT2D eigenvalue weighted by atomic mass is 79.9. The van der Waals surface area contributed by atoms with E-state index in [4.69, 9.17) is 0 Å². The van der Waals surface area contributed by atoms with Gasteiger partial charge in [0.05, 0.1) is 5.92 Å². The van der Waals surface area contributed by atoms with Crippen LogP contribution in [0.15, 0.2) is 16.6 Å². The largest absolute Gasteiger partial charge is 0.391 e. The van der Waals surface area contributed by atoms with Crippen molar-refractivity contribution in [2.24, 2.45) is 5.92 Å².